The molecule has 0 amide bonds. The van der Waals surface area contributed by atoms with E-state index in [0.29, 0.717) is 12.6 Å². The molecule has 0 unspecified atom stereocenters. The molecule has 3 nitrogen and oxygen atoms in total. The van der Waals surface area contributed by atoms with Gasteiger partial charge in [0, 0.05) is 18.2 Å². The van der Waals surface area contributed by atoms with Crippen LogP contribution in [0.15, 0.2) is 18.2 Å². The lowest BCUT2D eigenvalue weighted by atomic mass is 10.1. The number of para-hydroxylation sites is 1. The number of phenolic OH excluding ortho intramolecular Hbond substituents is 2. The second-order valence-corrected chi connectivity index (χ2v) is 3.68. The molecule has 0 saturated carbocycles. The van der Waals surface area contributed by atoms with Crippen LogP contribution >= 0.6 is 0 Å². The molecular weight excluding hydrogens is 190 g/mol. The van der Waals surface area contributed by atoms with Crippen molar-refractivity contribution >= 4 is 0 Å². The summed E-state index contributed by atoms with van der Waals surface area (Å²) in [6.45, 7) is 4.85. The van der Waals surface area contributed by atoms with Gasteiger partial charge in [-0.3, -0.25) is 0 Å². The third kappa shape index (κ3) is 3.13. The highest BCUT2D eigenvalue weighted by molar-refractivity contribution is 5.44. The van der Waals surface area contributed by atoms with Crippen LogP contribution in [0.1, 0.15) is 32.3 Å². The zero-order valence-corrected chi connectivity index (χ0v) is 9.33. The molecule has 0 bridgehead atoms. The van der Waals surface area contributed by atoms with E-state index in [4.69, 9.17) is 0 Å². The lowest BCUT2D eigenvalue weighted by molar-refractivity contribution is 0.394. The van der Waals surface area contributed by atoms with Gasteiger partial charge in [-0.1, -0.05) is 26.0 Å². The Kier molecular flexibility index (Phi) is 4.43. The molecule has 0 saturated heterocycles. The summed E-state index contributed by atoms with van der Waals surface area (Å²) < 4.78 is 0. The zero-order chi connectivity index (χ0) is 11.3. The third-order valence-corrected chi connectivity index (χ3v) is 2.67. The van der Waals surface area contributed by atoms with Gasteiger partial charge in [0.1, 0.15) is 0 Å². The maximum Gasteiger partial charge on any atom is 0.161 e. The van der Waals surface area contributed by atoms with Gasteiger partial charge in [-0.15, -0.1) is 0 Å². The van der Waals surface area contributed by atoms with Crippen LogP contribution in [-0.4, -0.2) is 16.3 Å². The van der Waals surface area contributed by atoms with Crippen LogP contribution in [0.5, 0.6) is 11.5 Å². The molecule has 15 heavy (non-hydrogen) atoms. The molecule has 0 aliphatic carbocycles. The van der Waals surface area contributed by atoms with Crippen molar-refractivity contribution in [3.8, 4) is 11.5 Å². The molecule has 3 heteroatoms. The lowest BCUT2D eigenvalue weighted by Crippen LogP contribution is -2.26. The minimum absolute atomic E-state index is 0.0176. The van der Waals surface area contributed by atoms with Crippen LogP contribution in [0.3, 0.4) is 0 Å². The molecule has 0 aliphatic heterocycles. The number of phenols is 2. The quantitative estimate of drug-likeness (QED) is 0.653. The molecule has 0 aromatic heterocycles. The Bertz CT molecular complexity index is 308. The first-order valence-corrected chi connectivity index (χ1v) is 5.42. The summed E-state index contributed by atoms with van der Waals surface area (Å²) in [6.07, 6.45) is 2.13. The van der Waals surface area contributed by atoms with Crippen molar-refractivity contribution in [2.75, 3.05) is 0 Å². The highest BCUT2D eigenvalue weighted by Crippen LogP contribution is 2.27. The molecule has 1 aromatic carbocycles. The van der Waals surface area contributed by atoms with Crippen molar-refractivity contribution in [3.63, 3.8) is 0 Å². The highest BCUT2D eigenvalue weighted by Gasteiger charge is 2.07. The van der Waals surface area contributed by atoms with Crippen LogP contribution < -0.4 is 5.32 Å². The Morgan fingerprint density at radius 2 is 1.87 bits per heavy atom. The van der Waals surface area contributed by atoms with Crippen molar-refractivity contribution in [1.82, 2.24) is 5.32 Å². The normalized spacial score (nSPS) is 10.9. The minimum atomic E-state index is -0.0566. The number of hydrogen-bond acceptors (Lipinski definition) is 3. The third-order valence-electron chi connectivity index (χ3n) is 2.67. The first kappa shape index (κ1) is 11.9. The van der Waals surface area contributed by atoms with E-state index in [1.165, 1.54) is 6.07 Å². The standard InChI is InChI=1S/C12H19NO2/c1-3-10(4-2)13-8-9-6-5-7-11(14)12(9)15/h5-7,10,13-15H,3-4,8H2,1-2H3. The second kappa shape index (κ2) is 5.61. The predicted molar refractivity (Wildman–Crippen MR) is 61.0 cm³/mol. The van der Waals surface area contributed by atoms with E-state index in [2.05, 4.69) is 19.2 Å². The summed E-state index contributed by atoms with van der Waals surface area (Å²) in [7, 11) is 0. The van der Waals surface area contributed by atoms with Crippen LogP contribution in [0.4, 0.5) is 0 Å². The Labute approximate surface area is 90.8 Å². The van der Waals surface area contributed by atoms with Crippen LogP contribution in [0.2, 0.25) is 0 Å². The van der Waals surface area contributed by atoms with Crippen LogP contribution in [0.25, 0.3) is 0 Å². The average Bonchev–Trinajstić information content (AvgIpc) is 2.25. The minimum Gasteiger partial charge on any atom is -0.504 e. The molecule has 3 N–H and O–H groups in total. The maximum atomic E-state index is 9.57. The fraction of sp³-hybridized carbons (Fsp3) is 0.500. The average molecular weight is 209 g/mol. The molecule has 0 spiro atoms. The molecule has 84 valence electrons. The van der Waals surface area contributed by atoms with Gasteiger partial charge in [0.2, 0.25) is 0 Å². The summed E-state index contributed by atoms with van der Waals surface area (Å²) in [4.78, 5) is 0. The highest BCUT2D eigenvalue weighted by atomic mass is 16.3. The van der Waals surface area contributed by atoms with Crippen molar-refractivity contribution in [2.24, 2.45) is 0 Å². The summed E-state index contributed by atoms with van der Waals surface area (Å²) in [6, 6.07) is 5.49. The fourth-order valence-corrected chi connectivity index (χ4v) is 1.55. The maximum absolute atomic E-state index is 9.57. The Morgan fingerprint density at radius 1 is 1.20 bits per heavy atom. The second-order valence-electron chi connectivity index (χ2n) is 3.68. The van der Waals surface area contributed by atoms with E-state index in [0.717, 1.165) is 18.4 Å². The molecule has 0 fully saturated rings. The summed E-state index contributed by atoms with van der Waals surface area (Å²) in [5, 5.41) is 22.2. The largest absolute Gasteiger partial charge is 0.504 e. The molecule has 0 radical (unpaired) electrons. The molecule has 1 rings (SSSR count). The van der Waals surface area contributed by atoms with Gasteiger partial charge >= 0.3 is 0 Å². The van der Waals surface area contributed by atoms with E-state index in [1.54, 1.807) is 6.07 Å². The molecule has 0 heterocycles. The topological polar surface area (TPSA) is 52.5 Å². The zero-order valence-electron chi connectivity index (χ0n) is 9.33. The van der Waals surface area contributed by atoms with Gasteiger partial charge < -0.3 is 15.5 Å². The molecule has 1 aromatic rings. The van der Waals surface area contributed by atoms with Gasteiger partial charge in [0.05, 0.1) is 0 Å². The van der Waals surface area contributed by atoms with Gasteiger partial charge in [-0.05, 0) is 18.9 Å². The number of aromatic hydroxyl groups is 2. The monoisotopic (exact) mass is 209 g/mol. The summed E-state index contributed by atoms with van der Waals surface area (Å²) in [5.41, 5.74) is 0.738. The van der Waals surface area contributed by atoms with Gasteiger partial charge in [-0.2, -0.15) is 0 Å². The lowest BCUT2D eigenvalue weighted by Gasteiger charge is -2.15. The number of nitrogens with one attached hydrogen (secondary N) is 1. The number of hydrogen-bond donors (Lipinski definition) is 3. The van der Waals surface area contributed by atoms with Crippen molar-refractivity contribution in [2.45, 2.75) is 39.3 Å². The number of benzene rings is 1. The summed E-state index contributed by atoms with van der Waals surface area (Å²) in [5.74, 6) is -0.0743. The molecule has 0 atom stereocenters. The van der Waals surface area contributed by atoms with Gasteiger partial charge in [0.25, 0.3) is 0 Å². The van der Waals surface area contributed by atoms with Crippen molar-refractivity contribution in [1.29, 1.82) is 0 Å². The molecule has 0 aliphatic rings. The summed E-state index contributed by atoms with van der Waals surface area (Å²) >= 11 is 0. The first-order chi connectivity index (χ1) is 7.19. The molecular formula is C12H19NO2. The van der Waals surface area contributed by atoms with E-state index in [1.807, 2.05) is 6.07 Å². The Hall–Kier alpha value is -1.22. The number of rotatable bonds is 5. The SMILES string of the molecule is CCC(CC)NCc1cccc(O)c1O. The van der Waals surface area contributed by atoms with Crippen molar-refractivity contribution < 1.29 is 10.2 Å². The van der Waals surface area contributed by atoms with E-state index < -0.39 is 0 Å². The van der Waals surface area contributed by atoms with Gasteiger partial charge in [0.15, 0.2) is 11.5 Å². The van der Waals surface area contributed by atoms with E-state index in [-0.39, 0.29) is 11.5 Å². The van der Waals surface area contributed by atoms with Crippen LogP contribution in [-0.2, 0) is 6.54 Å². The predicted octanol–water partition coefficient (Wildman–Crippen LogP) is 2.38. The van der Waals surface area contributed by atoms with Crippen molar-refractivity contribution in [3.05, 3.63) is 23.8 Å². The first-order valence-electron chi connectivity index (χ1n) is 5.42. The Balaban J connectivity index is 2.61. The van der Waals surface area contributed by atoms with Crippen LogP contribution in [0, 0.1) is 0 Å². The fourth-order valence-electron chi connectivity index (χ4n) is 1.55. The smallest absolute Gasteiger partial charge is 0.161 e. The van der Waals surface area contributed by atoms with Gasteiger partial charge in [-0.25, -0.2) is 0 Å². The van der Waals surface area contributed by atoms with E-state index in [9.17, 15) is 10.2 Å². The van der Waals surface area contributed by atoms with E-state index >= 15 is 0 Å². The Morgan fingerprint density at radius 3 is 2.47 bits per heavy atom.